The van der Waals surface area contributed by atoms with Gasteiger partial charge in [0.2, 0.25) is 0 Å². The van der Waals surface area contributed by atoms with Gasteiger partial charge in [-0.1, -0.05) is 48.9 Å². The first-order valence-corrected chi connectivity index (χ1v) is 10.5. The second kappa shape index (κ2) is 9.55. The van der Waals surface area contributed by atoms with Crippen LogP contribution in [0.3, 0.4) is 0 Å². The van der Waals surface area contributed by atoms with Crippen LogP contribution in [0.5, 0.6) is 0 Å². The monoisotopic (exact) mass is 402 g/mol. The van der Waals surface area contributed by atoms with Crippen molar-refractivity contribution in [2.45, 2.75) is 25.3 Å². The van der Waals surface area contributed by atoms with E-state index in [2.05, 4.69) is 10.2 Å². The molecule has 5 heteroatoms. The summed E-state index contributed by atoms with van der Waals surface area (Å²) in [5.74, 6) is 0.675. The Bertz CT molecular complexity index is 959. The van der Waals surface area contributed by atoms with Gasteiger partial charge in [0.15, 0.2) is 5.78 Å². The highest BCUT2D eigenvalue weighted by atomic mass is 16.3. The molecule has 154 valence electrons. The van der Waals surface area contributed by atoms with Gasteiger partial charge in [0.25, 0.3) is 5.91 Å². The second-order valence-corrected chi connectivity index (χ2v) is 7.61. The maximum atomic E-state index is 12.7. The molecule has 0 unspecified atom stereocenters. The lowest BCUT2D eigenvalue weighted by atomic mass is 10.0. The molecule has 4 rings (SSSR count). The number of likely N-dealkylation sites (tertiary alicyclic amines) is 1. The Labute approximate surface area is 176 Å². The van der Waals surface area contributed by atoms with Crippen LogP contribution in [0.15, 0.2) is 77.4 Å². The average molecular weight is 402 g/mol. The number of ketones is 1. The Balaban J connectivity index is 1.41. The Morgan fingerprint density at radius 2 is 1.50 bits per heavy atom. The van der Waals surface area contributed by atoms with E-state index < -0.39 is 0 Å². The molecule has 30 heavy (non-hydrogen) atoms. The lowest BCUT2D eigenvalue weighted by Gasteiger charge is -2.33. The molecule has 2 aromatic carbocycles. The molecule has 1 atom stereocenters. The number of rotatable bonds is 7. The van der Waals surface area contributed by atoms with Crippen molar-refractivity contribution >= 4 is 11.7 Å². The zero-order chi connectivity index (χ0) is 20.8. The maximum absolute atomic E-state index is 12.7. The van der Waals surface area contributed by atoms with Crippen molar-refractivity contribution < 1.29 is 14.0 Å². The van der Waals surface area contributed by atoms with Crippen LogP contribution in [0.4, 0.5) is 0 Å². The van der Waals surface area contributed by atoms with Crippen molar-refractivity contribution in [3.8, 4) is 0 Å². The molecule has 0 radical (unpaired) electrons. The molecule has 1 aliphatic rings. The van der Waals surface area contributed by atoms with Gasteiger partial charge >= 0.3 is 0 Å². The van der Waals surface area contributed by atoms with Crippen molar-refractivity contribution in [1.29, 1.82) is 0 Å². The molecule has 3 aromatic rings. The summed E-state index contributed by atoms with van der Waals surface area (Å²) in [4.78, 5) is 27.6. The lowest BCUT2D eigenvalue weighted by Crippen LogP contribution is -2.40. The molecule has 5 nitrogen and oxygen atoms in total. The molecule has 0 saturated carbocycles. The summed E-state index contributed by atoms with van der Waals surface area (Å²) in [6, 6.07) is 19.8. The van der Waals surface area contributed by atoms with Gasteiger partial charge < -0.3 is 9.73 Å². The summed E-state index contributed by atoms with van der Waals surface area (Å²) in [5, 5.41) is 3.04. The summed E-state index contributed by atoms with van der Waals surface area (Å²) >= 11 is 0. The van der Waals surface area contributed by atoms with Gasteiger partial charge in [0.1, 0.15) is 5.76 Å². The summed E-state index contributed by atoms with van der Waals surface area (Å²) in [5.41, 5.74) is 1.74. The number of amides is 1. The van der Waals surface area contributed by atoms with E-state index in [4.69, 9.17) is 4.42 Å². The molecule has 1 amide bonds. The molecule has 0 aliphatic carbocycles. The molecule has 0 spiro atoms. The van der Waals surface area contributed by atoms with E-state index in [1.165, 1.54) is 19.3 Å². The third kappa shape index (κ3) is 4.69. The Hall–Kier alpha value is -3.18. The number of nitrogens with zero attached hydrogens (tertiary/aromatic N) is 1. The fourth-order valence-corrected chi connectivity index (χ4v) is 3.94. The van der Waals surface area contributed by atoms with Crippen LogP contribution in [0.1, 0.15) is 57.3 Å². The molecule has 1 N–H and O–H groups in total. The molecule has 1 aromatic heterocycles. The van der Waals surface area contributed by atoms with Crippen LogP contribution in [-0.4, -0.2) is 36.2 Å². The van der Waals surface area contributed by atoms with Gasteiger partial charge in [-0.2, -0.15) is 0 Å². The van der Waals surface area contributed by atoms with E-state index in [1.807, 2.05) is 30.3 Å². The van der Waals surface area contributed by atoms with Crippen molar-refractivity contribution in [1.82, 2.24) is 10.2 Å². The minimum Gasteiger partial charge on any atom is -0.468 e. The van der Waals surface area contributed by atoms with Crippen molar-refractivity contribution in [2.75, 3.05) is 19.6 Å². The van der Waals surface area contributed by atoms with E-state index in [9.17, 15) is 9.59 Å². The number of carbonyl (C=O) groups excluding carboxylic acids is 2. The van der Waals surface area contributed by atoms with E-state index in [1.54, 1.807) is 42.7 Å². The number of furan rings is 1. The summed E-state index contributed by atoms with van der Waals surface area (Å²) in [6.45, 7) is 2.51. The summed E-state index contributed by atoms with van der Waals surface area (Å²) in [6.07, 6.45) is 5.27. The molecule has 1 fully saturated rings. The Morgan fingerprint density at radius 1 is 0.833 bits per heavy atom. The SMILES string of the molecule is O=C(NC[C@H](c1ccco1)N1CCCCC1)c1ccc(C(=O)c2ccccc2)cc1. The highest BCUT2D eigenvalue weighted by molar-refractivity contribution is 6.09. The first-order valence-electron chi connectivity index (χ1n) is 10.5. The van der Waals surface area contributed by atoms with Crippen LogP contribution >= 0.6 is 0 Å². The predicted molar refractivity (Wildman–Crippen MR) is 116 cm³/mol. The van der Waals surface area contributed by atoms with Gasteiger partial charge in [0, 0.05) is 23.2 Å². The summed E-state index contributed by atoms with van der Waals surface area (Å²) in [7, 11) is 0. The zero-order valence-electron chi connectivity index (χ0n) is 16.9. The maximum Gasteiger partial charge on any atom is 0.251 e. The number of nitrogens with one attached hydrogen (secondary N) is 1. The van der Waals surface area contributed by atoms with E-state index >= 15 is 0 Å². The number of benzene rings is 2. The van der Waals surface area contributed by atoms with E-state index in [0.29, 0.717) is 23.2 Å². The van der Waals surface area contributed by atoms with Gasteiger partial charge in [-0.05, 0) is 50.2 Å². The van der Waals surface area contributed by atoms with Crippen molar-refractivity contribution in [3.05, 3.63) is 95.4 Å². The first kappa shape index (κ1) is 20.1. The smallest absolute Gasteiger partial charge is 0.251 e. The van der Waals surface area contributed by atoms with Gasteiger partial charge in [-0.3, -0.25) is 14.5 Å². The summed E-state index contributed by atoms with van der Waals surface area (Å²) < 4.78 is 5.64. The van der Waals surface area contributed by atoms with Crippen LogP contribution < -0.4 is 5.32 Å². The predicted octanol–water partition coefficient (Wildman–Crippen LogP) is 4.47. The largest absolute Gasteiger partial charge is 0.468 e. The standard InChI is InChI=1S/C25H26N2O3/c28-24(19-8-3-1-4-9-19)20-11-13-21(14-12-20)25(29)26-18-22(23-10-7-17-30-23)27-15-5-2-6-16-27/h1,3-4,7-14,17,22H,2,5-6,15-16,18H2,(H,26,29)/t22-/m1/s1. The van der Waals surface area contributed by atoms with Gasteiger partial charge in [0.05, 0.1) is 12.3 Å². The van der Waals surface area contributed by atoms with Crippen LogP contribution in [0.2, 0.25) is 0 Å². The van der Waals surface area contributed by atoms with Crippen molar-refractivity contribution in [3.63, 3.8) is 0 Å². The van der Waals surface area contributed by atoms with Gasteiger partial charge in [-0.25, -0.2) is 0 Å². The Morgan fingerprint density at radius 3 is 2.17 bits per heavy atom. The minimum absolute atomic E-state index is 0.0307. The number of carbonyl (C=O) groups is 2. The van der Waals surface area contributed by atoms with Crippen molar-refractivity contribution in [2.24, 2.45) is 0 Å². The molecule has 2 heterocycles. The molecule has 0 bridgehead atoms. The van der Waals surface area contributed by atoms with E-state index in [-0.39, 0.29) is 17.7 Å². The number of piperidine rings is 1. The van der Waals surface area contributed by atoms with Gasteiger partial charge in [-0.15, -0.1) is 0 Å². The third-order valence-corrected chi connectivity index (χ3v) is 5.60. The van der Waals surface area contributed by atoms with Crippen LogP contribution in [-0.2, 0) is 0 Å². The van der Waals surface area contributed by atoms with Crippen LogP contribution in [0.25, 0.3) is 0 Å². The molecule has 1 aliphatic heterocycles. The minimum atomic E-state index is -0.151. The average Bonchev–Trinajstić information content (AvgIpc) is 3.35. The number of hydrogen-bond donors (Lipinski definition) is 1. The Kier molecular flexibility index (Phi) is 6.40. The first-order chi connectivity index (χ1) is 14.7. The highest BCUT2D eigenvalue weighted by Gasteiger charge is 2.25. The fourth-order valence-electron chi connectivity index (χ4n) is 3.94. The highest BCUT2D eigenvalue weighted by Crippen LogP contribution is 2.24. The molecular formula is C25H26N2O3. The quantitative estimate of drug-likeness (QED) is 0.593. The zero-order valence-corrected chi connectivity index (χ0v) is 16.9. The lowest BCUT2D eigenvalue weighted by molar-refractivity contribution is 0.0913. The third-order valence-electron chi connectivity index (χ3n) is 5.60. The topological polar surface area (TPSA) is 62.6 Å². The molecule has 1 saturated heterocycles. The fraction of sp³-hybridized carbons (Fsp3) is 0.280. The number of hydrogen-bond acceptors (Lipinski definition) is 4. The molecular weight excluding hydrogens is 376 g/mol. The van der Waals surface area contributed by atoms with E-state index in [0.717, 1.165) is 18.8 Å². The van der Waals surface area contributed by atoms with Crippen LogP contribution in [0, 0.1) is 0 Å². The second-order valence-electron chi connectivity index (χ2n) is 7.61. The normalized spacial score (nSPS) is 15.5.